The number of carbonyl (C=O) groups is 1. The highest BCUT2D eigenvalue weighted by Gasteiger charge is 2.22. The minimum absolute atomic E-state index is 0.270. The maximum atomic E-state index is 13.5. The summed E-state index contributed by atoms with van der Waals surface area (Å²) in [5.74, 6) is 1.42. The largest absolute Gasteiger partial charge is 0.340 e. The number of hydrogen-bond acceptors (Lipinski definition) is 7. The van der Waals surface area contributed by atoms with Gasteiger partial charge in [-0.2, -0.15) is 10.2 Å². The van der Waals surface area contributed by atoms with Gasteiger partial charge >= 0.3 is 0 Å². The highest BCUT2D eigenvalue weighted by molar-refractivity contribution is 5.65. The minimum atomic E-state index is -0.290. The van der Waals surface area contributed by atoms with Crippen LogP contribution in [0.5, 0.6) is 0 Å². The van der Waals surface area contributed by atoms with Gasteiger partial charge in [0.25, 0.3) is 0 Å². The average Bonchev–Trinajstić information content (AvgIpc) is 2.75. The van der Waals surface area contributed by atoms with Crippen LogP contribution in [0.25, 0.3) is 11.3 Å². The Hall–Kier alpha value is -3.26. The molecule has 3 heterocycles. The van der Waals surface area contributed by atoms with Crippen molar-refractivity contribution in [1.82, 2.24) is 25.1 Å². The number of hydrogen-bond donors (Lipinski definition) is 1. The van der Waals surface area contributed by atoms with Gasteiger partial charge in [0.05, 0.1) is 18.1 Å². The molecule has 0 aliphatic carbocycles. The molecule has 1 unspecified atom stereocenters. The topological polar surface area (TPSA) is 83.9 Å². The highest BCUT2D eigenvalue weighted by atomic mass is 19.1. The Balaban J connectivity index is 0.000000806. The third-order valence-corrected chi connectivity index (χ3v) is 4.71. The molecule has 1 fully saturated rings. The van der Waals surface area contributed by atoms with Gasteiger partial charge in [-0.15, -0.1) is 0 Å². The fourth-order valence-electron chi connectivity index (χ4n) is 3.39. The molecule has 2 aromatic heterocycles. The molecule has 0 saturated carbocycles. The van der Waals surface area contributed by atoms with Crippen LogP contribution >= 0.6 is 0 Å². The summed E-state index contributed by atoms with van der Waals surface area (Å²) in [4.78, 5) is 20.6. The van der Waals surface area contributed by atoms with Gasteiger partial charge in [-0.05, 0) is 57.6 Å². The van der Waals surface area contributed by atoms with Gasteiger partial charge in [0.2, 0.25) is 0 Å². The quantitative estimate of drug-likeness (QED) is 0.657. The molecule has 1 aromatic carbocycles. The zero-order valence-electron chi connectivity index (χ0n) is 17.1. The molecular formula is C22H25FN6O. The summed E-state index contributed by atoms with van der Waals surface area (Å²) < 4.78 is 13.5. The fraction of sp³-hybridized carbons (Fsp3) is 0.318. The lowest BCUT2D eigenvalue weighted by Gasteiger charge is -2.29. The van der Waals surface area contributed by atoms with E-state index in [4.69, 9.17) is 14.8 Å². The Kier molecular flexibility index (Phi) is 7.51. The summed E-state index contributed by atoms with van der Waals surface area (Å²) in [6, 6.07) is 10.1. The molecule has 3 aromatic rings. The summed E-state index contributed by atoms with van der Waals surface area (Å²) in [6.07, 6.45) is 6.26. The number of aldehydes is 1. The number of nitrogens with one attached hydrogen (secondary N) is 1. The van der Waals surface area contributed by atoms with E-state index in [9.17, 15) is 4.39 Å². The Morgan fingerprint density at radius 3 is 2.73 bits per heavy atom. The van der Waals surface area contributed by atoms with Crippen LogP contribution in [0.1, 0.15) is 31.5 Å². The first-order valence-electron chi connectivity index (χ1n) is 9.86. The lowest BCUT2D eigenvalue weighted by molar-refractivity contribution is -0.106. The smallest absolute Gasteiger partial charge is 0.135 e. The zero-order valence-corrected chi connectivity index (χ0v) is 17.1. The standard InChI is InChI=1S/C20H21FN6.C2H4O/c1-27-9-3-4-15(13-27)20-25-18(14-7-8-22-23-12-14)11-19(26-20)24-17-6-2-5-16(21)10-17;1-2-3/h2,5-8,10-12,15H,3-4,9,13H2,1H3,(H,24,25,26);2H,1H3. The van der Waals surface area contributed by atoms with Crippen LogP contribution in [-0.2, 0) is 4.79 Å². The van der Waals surface area contributed by atoms with Crippen molar-refractivity contribution in [2.45, 2.75) is 25.7 Å². The van der Waals surface area contributed by atoms with Crippen LogP contribution in [0, 0.1) is 5.82 Å². The third-order valence-electron chi connectivity index (χ3n) is 4.71. The van der Waals surface area contributed by atoms with Crippen molar-refractivity contribution in [3.05, 3.63) is 60.4 Å². The molecule has 0 amide bonds. The molecule has 7 nitrogen and oxygen atoms in total. The number of anilines is 2. The van der Waals surface area contributed by atoms with Gasteiger partial charge in [-0.1, -0.05) is 6.07 Å². The minimum Gasteiger partial charge on any atom is -0.340 e. The van der Waals surface area contributed by atoms with Crippen LogP contribution in [0.2, 0.25) is 0 Å². The zero-order chi connectivity index (χ0) is 21.3. The summed E-state index contributed by atoms with van der Waals surface area (Å²) in [5, 5.41) is 11.0. The van der Waals surface area contributed by atoms with Crippen LogP contribution in [0.4, 0.5) is 15.9 Å². The molecule has 0 bridgehead atoms. The van der Waals surface area contributed by atoms with E-state index in [0.717, 1.165) is 49.3 Å². The lowest BCUT2D eigenvalue weighted by Crippen LogP contribution is -2.31. The predicted molar refractivity (Wildman–Crippen MR) is 114 cm³/mol. The van der Waals surface area contributed by atoms with E-state index in [-0.39, 0.29) is 11.7 Å². The van der Waals surface area contributed by atoms with E-state index < -0.39 is 0 Å². The molecule has 1 aliphatic rings. The first kappa shape index (κ1) is 21.4. The van der Waals surface area contributed by atoms with Gasteiger partial charge in [-0.3, -0.25) is 0 Å². The fourth-order valence-corrected chi connectivity index (χ4v) is 3.39. The molecule has 1 aliphatic heterocycles. The number of halogens is 1. The first-order valence-corrected chi connectivity index (χ1v) is 9.86. The second kappa shape index (κ2) is 10.5. The molecule has 156 valence electrons. The van der Waals surface area contributed by atoms with E-state index in [2.05, 4.69) is 27.5 Å². The van der Waals surface area contributed by atoms with Crippen molar-refractivity contribution in [2.24, 2.45) is 0 Å². The SMILES string of the molecule is CC=O.CN1CCCC(c2nc(Nc3cccc(F)c3)cc(-c3ccnnc3)n2)C1. The van der Waals surface area contributed by atoms with E-state index in [1.807, 2.05) is 18.2 Å². The molecule has 0 spiro atoms. The molecule has 0 radical (unpaired) electrons. The highest BCUT2D eigenvalue weighted by Crippen LogP contribution is 2.28. The number of carbonyl (C=O) groups excluding carboxylic acids is 1. The molecule has 1 atom stereocenters. The number of nitrogens with zero attached hydrogens (tertiary/aromatic N) is 5. The Bertz CT molecular complexity index is 969. The van der Waals surface area contributed by atoms with Crippen molar-refractivity contribution in [3.8, 4) is 11.3 Å². The summed E-state index contributed by atoms with van der Waals surface area (Å²) >= 11 is 0. The number of benzene rings is 1. The lowest BCUT2D eigenvalue weighted by atomic mass is 9.97. The van der Waals surface area contributed by atoms with Gasteiger partial charge in [0.1, 0.15) is 23.7 Å². The monoisotopic (exact) mass is 408 g/mol. The summed E-state index contributed by atoms with van der Waals surface area (Å²) in [6.45, 7) is 3.47. The normalized spacial score (nSPS) is 16.3. The van der Waals surface area contributed by atoms with Crippen molar-refractivity contribution in [3.63, 3.8) is 0 Å². The maximum absolute atomic E-state index is 13.5. The molecule has 4 rings (SSSR count). The van der Waals surface area contributed by atoms with Gasteiger partial charge in [-0.25, -0.2) is 14.4 Å². The van der Waals surface area contributed by atoms with Gasteiger partial charge in [0, 0.05) is 29.8 Å². The van der Waals surface area contributed by atoms with Crippen molar-refractivity contribution in [2.75, 3.05) is 25.5 Å². The Morgan fingerprint density at radius 1 is 1.20 bits per heavy atom. The Labute approximate surface area is 175 Å². The third kappa shape index (κ3) is 5.87. The number of likely N-dealkylation sites (tertiary alicyclic amines) is 1. The maximum Gasteiger partial charge on any atom is 0.135 e. The number of likely N-dealkylation sites (N-methyl/N-ethyl adjacent to an activating group) is 1. The first-order chi connectivity index (χ1) is 14.6. The van der Waals surface area contributed by atoms with Crippen LogP contribution in [0.3, 0.4) is 0 Å². The second-order valence-corrected chi connectivity index (χ2v) is 7.10. The van der Waals surface area contributed by atoms with Crippen LogP contribution in [0.15, 0.2) is 48.8 Å². The van der Waals surface area contributed by atoms with Crippen LogP contribution < -0.4 is 5.32 Å². The molecule has 1 N–H and O–H groups in total. The van der Waals surface area contributed by atoms with Crippen LogP contribution in [-0.4, -0.2) is 51.5 Å². The van der Waals surface area contributed by atoms with Crippen molar-refractivity contribution < 1.29 is 9.18 Å². The van der Waals surface area contributed by atoms with Crippen molar-refractivity contribution in [1.29, 1.82) is 0 Å². The molecule has 8 heteroatoms. The second-order valence-electron chi connectivity index (χ2n) is 7.10. The van der Waals surface area contributed by atoms with E-state index in [1.54, 1.807) is 18.5 Å². The van der Waals surface area contributed by atoms with Gasteiger partial charge in [0.15, 0.2) is 0 Å². The Morgan fingerprint density at radius 2 is 2.03 bits per heavy atom. The van der Waals surface area contributed by atoms with E-state index >= 15 is 0 Å². The predicted octanol–water partition coefficient (Wildman–Crippen LogP) is 3.83. The van der Waals surface area contributed by atoms with Gasteiger partial charge < -0.3 is 15.0 Å². The van der Waals surface area contributed by atoms with E-state index in [1.165, 1.54) is 19.1 Å². The molecule has 1 saturated heterocycles. The summed E-state index contributed by atoms with van der Waals surface area (Å²) in [5.41, 5.74) is 2.31. The number of rotatable bonds is 4. The molecule has 30 heavy (non-hydrogen) atoms. The van der Waals surface area contributed by atoms with Crippen molar-refractivity contribution >= 4 is 17.8 Å². The number of piperidine rings is 1. The average molecular weight is 408 g/mol. The number of aromatic nitrogens is 4. The van der Waals surface area contributed by atoms with E-state index in [0.29, 0.717) is 11.5 Å². The summed E-state index contributed by atoms with van der Waals surface area (Å²) in [7, 11) is 2.12. The molecular weight excluding hydrogens is 383 g/mol.